The minimum atomic E-state index is -1.30. The average molecular weight is 389 g/mol. The van der Waals surface area contributed by atoms with Crippen molar-refractivity contribution in [2.24, 2.45) is 0 Å². The van der Waals surface area contributed by atoms with Crippen LogP contribution in [-0.2, 0) is 16.1 Å². The van der Waals surface area contributed by atoms with E-state index >= 15 is 0 Å². The van der Waals surface area contributed by atoms with Crippen LogP contribution in [0.25, 0.3) is 0 Å². The summed E-state index contributed by atoms with van der Waals surface area (Å²) in [6.07, 6.45) is -1.94. The Morgan fingerprint density at radius 1 is 1.32 bits per heavy atom. The Morgan fingerprint density at radius 2 is 2.04 bits per heavy atom. The van der Waals surface area contributed by atoms with Gasteiger partial charge in [0.05, 0.1) is 19.8 Å². The normalized spacial score (nSPS) is 19.3. The average Bonchev–Trinajstić information content (AvgIpc) is 3.02. The van der Waals surface area contributed by atoms with Gasteiger partial charge in [-0.25, -0.2) is 9.18 Å². The first kappa shape index (κ1) is 20.1. The molecule has 2 atom stereocenters. The number of methoxy groups -OCH3 is 1. The van der Waals surface area contributed by atoms with Crippen molar-refractivity contribution in [1.29, 1.82) is 0 Å². The van der Waals surface area contributed by atoms with Crippen LogP contribution in [0.4, 0.5) is 9.18 Å². The predicted molar refractivity (Wildman–Crippen MR) is 100 cm³/mol. The lowest BCUT2D eigenvalue weighted by Gasteiger charge is -2.34. The second-order valence-corrected chi connectivity index (χ2v) is 7.07. The molecule has 0 spiro atoms. The molecule has 6 nitrogen and oxygen atoms in total. The number of hydrogen-bond donors (Lipinski definition) is 1. The van der Waals surface area contributed by atoms with Crippen molar-refractivity contribution in [2.75, 3.05) is 13.7 Å². The van der Waals surface area contributed by atoms with Gasteiger partial charge in [0.25, 0.3) is 0 Å². The summed E-state index contributed by atoms with van der Waals surface area (Å²) < 4.78 is 30.5. The van der Waals surface area contributed by atoms with Crippen LogP contribution >= 0.6 is 0 Å². The van der Waals surface area contributed by atoms with Crippen LogP contribution in [0.1, 0.15) is 31.1 Å². The fraction of sp³-hybridized carbons (Fsp3) is 0.381. The topological polar surface area (TPSA) is 68.2 Å². The van der Waals surface area contributed by atoms with Gasteiger partial charge in [-0.15, -0.1) is 0 Å². The first-order valence-electron chi connectivity index (χ1n) is 8.99. The van der Waals surface area contributed by atoms with Crippen molar-refractivity contribution in [3.8, 4) is 5.75 Å². The van der Waals surface area contributed by atoms with Gasteiger partial charge >= 0.3 is 6.09 Å². The van der Waals surface area contributed by atoms with Gasteiger partial charge in [0, 0.05) is 5.56 Å². The summed E-state index contributed by atoms with van der Waals surface area (Å²) in [5, 5.41) is 10.8. The fourth-order valence-corrected chi connectivity index (χ4v) is 3.29. The minimum absolute atomic E-state index is 0.0338. The maximum Gasteiger partial charge on any atom is 0.412 e. The van der Waals surface area contributed by atoms with Crippen LogP contribution in [0, 0.1) is 5.82 Å². The molecule has 1 heterocycles. The highest BCUT2D eigenvalue weighted by Gasteiger charge is 2.48. The highest BCUT2D eigenvalue weighted by atomic mass is 19.1. The molecule has 2 aromatic rings. The van der Waals surface area contributed by atoms with Crippen LogP contribution in [0.2, 0.25) is 0 Å². The summed E-state index contributed by atoms with van der Waals surface area (Å²) >= 11 is 0. The number of amides is 1. The van der Waals surface area contributed by atoms with Gasteiger partial charge in [-0.2, -0.15) is 0 Å². The smallest absolute Gasteiger partial charge is 0.412 e. The molecule has 3 rings (SSSR count). The Labute approximate surface area is 163 Å². The highest BCUT2D eigenvalue weighted by Crippen LogP contribution is 2.36. The quantitative estimate of drug-likeness (QED) is 0.846. The molecule has 1 fully saturated rings. The van der Waals surface area contributed by atoms with E-state index in [4.69, 9.17) is 14.2 Å². The van der Waals surface area contributed by atoms with Crippen molar-refractivity contribution >= 4 is 6.09 Å². The van der Waals surface area contributed by atoms with Crippen molar-refractivity contribution in [1.82, 2.24) is 4.90 Å². The third kappa shape index (κ3) is 4.10. The molecule has 2 aromatic carbocycles. The van der Waals surface area contributed by atoms with Gasteiger partial charge in [-0.1, -0.05) is 30.3 Å². The molecule has 150 valence electrons. The Bertz CT molecular complexity index is 827. The van der Waals surface area contributed by atoms with Gasteiger partial charge in [-0.3, -0.25) is 4.90 Å². The summed E-state index contributed by atoms with van der Waals surface area (Å²) in [6, 6.07) is 12.6. The molecule has 1 aliphatic rings. The van der Waals surface area contributed by atoms with Crippen LogP contribution in [-0.4, -0.2) is 41.6 Å². The van der Waals surface area contributed by atoms with Gasteiger partial charge < -0.3 is 19.3 Å². The summed E-state index contributed by atoms with van der Waals surface area (Å²) in [5.41, 5.74) is -0.134. The van der Waals surface area contributed by atoms with Crippen LogP contribution in [0.15, 0.2) is 48.5 Å². The number of benzene rings is 2. The SMILES string of the molecule is COc1ccc(F)c(C(O)[C@H]2COC(C)(C)N2C(=O)OCc2ccccc2)c1. The van der Waals surface area contributed by atoms with Gasteiger partial charge in [0.2, 0.25) is 0 Å². The number of nitrogens with zero attached hydrogens (tertiary/aromatic N) is 1. The minimum Gasteiger partial charge on any atom is -0.497 e. The van der Waals surface area contributed by atoms with E-state index in [1.54, 1.807) is 13.8 Å². The molecule has 1 N–H and O–H groups in total. The maximum absolute atomic E-state index is 14.3. The molecule has 0 bridgehead atoms. The van der Waals surface area contributed by atoms with E-state index in [1.807, 2.05) is 30.3 Å². The predicted octanol–water partition coefficient (Wildman–Crippen LogP) is 3.64. The van der Waals surface area contributed by atoms with Gasteiger partial charge in [0.15, 0.2) is 0 Å². The Morgan fingerprint density at radius 3 is 2.71 bits per heavy atom. The number of halogens is 1. The molecule has 7 heteroatoms. The number of aliphatic hydroxyl groups is 1. The van der Waals surface area contributed by atoms with E-state index in [-0.39, 0.29) is 18.8 Å². The molecule has 0 aliphatic carbocycles. The molecule has 28 heavy (non-hydrogen) atoms. The zero-order chi connectivity index (χ0) is 20.3. The first-order valence-corrected chi connectivity index (χ1v) is 8.99. The molecule has 0 radical (unpaired) electrons. The Kier molecular flexibility index (Phi) is 5.86. The third-order valence-electron chi connectivity index (χ3n) is 4.81. The van der Waals surface area contributed by atoms with E-state index in [2.05, 4.69) is 0 Å². The summed E-state index contributed by atoms with van der Waals surface area (Å²) in [5.74, 6) is -0.178. The second-order valence-electron chi connectivity index (χ2n) is 7.07. The Hall–Kier alpha value is -2.64. The molecule has 1 aliphatic heterocycles. The Balaban J connectivity index is 1.80. The fourth-order valence-electron chi connectivity index (χ4n) is 3.29. The zero-order valence-electron chi connectivity index (χ0n) is 16.1. The number of aliphatic hydroxyl groups excluding tert-OH is 1. The van der Waals surface area contributed by atoms with Crippen LogP contribution in [0.5, 0.6) is 5.75 Å². The number of carbonyl (C=O) groups excluding carboxylic acids is 1. The lowest BCUT2D eigenvalue weighted by atomic mass is 10.0. The monoisotopic (exact) mass is 389 g/mol. The molecular weight excluding hydrogens is 365 g/mol. The molecular formula is C21H24FNO5. The van der Waals surface area contributed by atoms with E-state index in [1.165, 1.54) is 30.2 Å². The first-order chi connectivity index (χ1) is 13.3. The molecule has 0 aromatic heterocycles. The summed E-state index contributed by atoms with van der Waals surface area (Å²) in [6.45, 7) is 3.53. The summed E-state index contributed by atoms with van der Waals surface area (Å²) in [4.78, 5) is 14.1. The third-order valence-corrected chi connectivity index (χ3v) is 4.81. The number of hydrogen-bond acceptors (Lipinski definition) is 5. The molecule has 1 unspecified atom stereocenters. The largest absolute Gasteiger partial charge is 0.497 e. The molecule has 1 amide bonds. The molecule has 1 saturated heterocycles. The maximum atomic E-state index is 14.3. The zero-order valence-corrected chi connectivity index (χ0v) is 16.1. The molecule has 0 saturated carbocycles. The summed E-state index contributed by atoms with van der Waals surface area (Å²) in [7, 11) is 1.46. The lowest BCUT2D eigenvalue weighted by molar-refractivity contribution is -0.0545. The van der Waals surface area contributed by atoms with E-state index in [0.29, 0.717) is 5.75 Å². The van der Waals surface area contributed by atoms with Gasteiger partial charge in [0.1, 0.15) is 30.0 Å². The van der Waals surface area contributed by atoms with Gasteiger partial charge in [-0.05, 0) is 37.6 Å². The van der Waals surface area contributed by atoms with Crippen molar-refractivity contribution < 1.29 is 28.5 Å². The van der Waals surface area contributed by atoms with Crippen molar-refractivity contribution in [2.45, 2.75) is 38.3 Å². The standard InChI is InChI=1S/C21H24FNO5/c1-21(2)23(20(25)27-12-14-7-5-4-6-8-14)18(13-28-21)19(24)16-11-15(26-3)9-10-17(16)22/h4-11,18-19,24H,12-13H2,1-3H3/t18-,19?/m1/s1. The van der Waals surface area contributed by atoms with Crippen molar-refractivity contribution in [3.63, 3.8) is 0 Å². The van der Waals surface area contributed by atoms with Crippen LogP contribution < -0.4 is 4.74 Å². The number of carbonyl (C=O) groups is 1. The second kappa shape index (κ2) is 8.16. The number of rotatable bonds is 5. The number of ether oxygens (including phenoxy) is 3. The van der Waals surface area contributed by atoms with E-state index in [9.17, 15) is 14.3 Å². The lowest BCUT2D eigenvalue weighted by Crippen LogP contribution is -2.50. The highest BCUT2D eigenvalue weighted by molar-refractivity contribution is 5.69. The van der Waals surface area contributed by atoms with Crippen LogP contribution in [0.3, 0.4) is 0 Å². The van der Waals surface area contributed by atoms with E-state index < -0.39 is 29.8 Å². The van der Waals surface area contributed by atoms with Crippen molar-refractivity contribution in [3.05, 3.63) is 65.5 Å². The van der Waals surface area contributed by atoms with E-state index in [0.717, 1.165) is 5.56 Å².